The van der Waals surface area contributed by atoms with Gasteiger partial charge in [-0.25, -0.2) is 9.67 Å². The molecule has 0 atom stereocenters. The second-order valence-electron chi connectivity index (χ2n) is 4.83. The molecule has 0 saturated heterocycles. The highest BCUT2D eigenvalue weighted by molar-refractivity contribution is 7.12. The van der Waals surface area contributed by atoms with Gasteiger partial charge in [-0.3, -0.25) is 15.6 Å². The summed E-state index contributed by atoms with van der Waals surface area (Å²) in [4.78, 5) is 16.4. The van der Waals surface area contributed by atoms with Gasteiger partial charge in [0, 0.05) is 17.8 Å². The molecule has 0 spiro atoms. The van der Waals surface area contributed by atoms with Crippen LogP contribution >= 0.6 is 11.3 Å². The topological polar surface area (TPSA) is 71.8 Å². The van der Waals surface area contributed by atoms with Crippen molar-refractivity contribution in [1.29, 1.82) is 0 Å². The molecule has 112 valence electrons. The summed E-state index contributed by atoms with van der Waals surface area (Å²) in [5.74, 6) is -0.235. The molecule has 2 aromatic heterocycles. The quantitative estimate of drug-likeness (QED) is 0.727. The van der Waals surface area contributed by atoms with Crippen molar-refractivity contribution >= 4 is 22.9 Å². The molecule has 0 unspecified atom stereocenters. The fourth-order valence-corrected chi connectivity index (χ4v) is 2.51. The Hall–Kier alpha value is -2.67. The Kier molecular flexibility index (Phi) is 3.88. The smallest absolute Gasteiger partial charge is 0.273 e. The van der Waals surface area contributed by atoms with Gasteiger partial charge in [-0.15, -0.1) is 11.3 Å². The maximum absolute atomic E-state index is 12.2. The summed E-state index contributed by atoms with van der Waals surface area (Å²) in [7, 11) is 0. The zero-order chi connectivity index (χ0) is 15.5. The fraction of sp³-hybridized carbons (Fsp3) is 0.133. The summed E-state index contributed by atoms with van der Waals surface area (Å²) in [6, 6.07) is 7.75. The molecule has 6 nitrogen and oxygen atoms in total. The number of benzene rings is 1. The number of nitrogens with zero attached hydrogens (tertiary/aromatic N) is 3. The predicted molar refractivity (Wildman–Crippen MR) is 86.2 cm³/mol. The Bertz CT molecular complexity index is 777. The number of carbonyl (C=O) groups is 1. The van der Waals surface area contributed by atoms with E-state index in [4.69, 9.17) is 0 Å². The van der Waals surface area contributed by atoms with E-state index in [1.807, 2.05) is 36.6 Å². The number of nitrogens with one attached hydrogen (secondary N) is 2. The molecule has 1 aromatic carbocycles. The van der Waals surface area contributed by atoms with Gasteiger partial charge in [0.2, 0.25) is 5.13 Å². The van der Waals surface area contributed by atoms with E-state index in [2.05, 4.69) is 20.9 Å². The van der Waals surface area contributed by atoms with Gasteiger partial charge in [0.1, 0.15) is 0 Å². The van der Waals surface area contributed by atoms with E-state index < -0.39 is 0 Å². The largest absolute Gasteiger partial charge is 0.298 e. The molecule has 0 aliphatic carbocycles. The maximum Gasteiger partial charge on any atom is 0.273 e. The molecular weight excluding hydrogens is 298 g/mol. The standard InChI is InChI=1S/C15H15N5OS/c1-10-3-5-12(6-4-10)17-18-14(21)13-9-20(19-11(13)2)15-16-7-8-22-15/h3-9,17H,1-2H3,(H,18,21). The van der Waals surface area contributed by atoms with E-state index >= 15 is 0 Å². The summed E-state index contributed by atoms with van der Waals surface area (Å²) >= 11 is 1.46. The Morgan fingerprint density at radius 1 is 1.23 bits per heavy atom. The average molecular weight is 313 g/mol. The molecule has 3 aromatic rings. The highest BCUT2D eigenvalue weighted by atomic mass is 32.1. The monoisotopic (exact) mass is 313 g/mol. The molecule has 0 radical (unpaired) electrons. The zero-order valence-electron chi connectivity index (χ0n) is 12.2. The van der Waals surface area contributed by atoms with Crippen LogP contribution in [0.25, 0.3) is 5.13 Å². The molecule has 2 N–H and O–H groups in total. The van der Waals surface area contributed by atoms with Crippen molar-refractivity contribution in [2.24, 2.45) is 0 Å². The average Bonchev–Trinajstić information content (AvgIpc) is 3.15. The number of anilines is 1. The van der Waals surface area contributed by atoms with E-state index in [0.29, 0.717) is 11.3 Å². The summed E-state index contributed by atoms with van der Waals surface area (Å²) in [5, 5.41) is 6.91. The zero-order valence-corrected chi connectivity index (χ0v) is 13.0. The molecule has 0 saturated carbocycles. The second-order valence-corrected chi connectivity index (χ2v) is 5.71. The number of aryl methyl sites for hydroxylation is 2. The molecular formula is C15H15N5OS. The lowest BCUT2D eigenvalue weighted by Gasteiger charge is -2.07. The molecule has 2 heterocycles. The van der Waals surface area contributed by atoms with Gasteiger partial charge in [0.15, 0.2) is 0 Å². The minimum Gasteiger partial charge on any atom is -0.298 e. The molecule has 0 aliphatic heterocycles. The number of hydrogen-bond donors (Lipinski definition) is 2. The lowest BCUT2D eigenvalue weighted by atomic mass is 10.2. The number of amides is 1. The minimum atomic E-state index is -0.235. The summed E-state index contributed by atoms with van der Waals surface area (Å²) < 4.78 is 1.61. The van der Waals surface area contributed by atoms with E-state index in [1.165, 1.54) is 11.3 Å². The first-order valence-corrected chi connectivity index (χ1v) is 7.60. The number of rotatable bonds is 4. The van der Waals surface area contributed by atoms with Gasteiger partial charge in [0.25, 0.3) is 5.91 Å². The van der Waals surface area contributed by atoms with Crippen molar-refractivity contribution in [2.75, 3.05) is 5.43 Å². The third-order valence-electron chi connectivity index (χ3n) is 3.13. The van der Waals surface area contributed by atoms with Crippen LogP contribution in [0, 0.1) is 13.8 Å². The van der Waals surface area contributed by atoms with E-state index in [-0.39, 0.29) is 5.91 Å². The summed E-state index contributed by atoms with van der Waals surface area (Å²) in [6.07, 6.45) is 3.38. The highest BCUT2D eigenvalue weighted by Gasteiger charge is 2.14. The number of aromatic nitrogens is 3. The van der Waals surface area contributed by atoms with Gasteiger partial charge in [-0.05, 0) is 26.0 Å². The van der Waals surface area contributed by atoms with E-state index in [0.717, 1.165) is 16.4 Å². The Morgan fingerprint density at radius 2 is 2.00 bits per heavy atom. The number of carbonyl (C=O) groups excluding carboxylic acids is 1. The fourth-order valence-electron chi connectivity index (χ4n) is 1.94. The molecule has 1 amide bonds. The van der Waals surface area contributed by atoms with Crippen LogP contribution in [0.2, 0.25) is 0 Å². The third-order valence-corrected chi connectivity index (χ3v) is 3.89. The lowest BCUT2D eigenvalue weighted by molar-refractivity contribution is 0.0962. The van der Waals surface area contributed by atoms with Gasteiger partial charge in [-0.2, -0.15) is 5.10 Å². The van der Waals surface area contributed by atoms with Gasteiger partial charge in [-0.1, -0.05) is 17.7 Å². The van der Waals surface area contributed by atoms with Crippen LogP contribution in [0.4, 0.5) is 5.69 Å². The van der Waals surface area contributed by atoms with Crippen LogP contribution in [-0.4, -0.2) is 20.7 Å². The Balaban J connectivity index is 1.71. The van der Waals surface area contributed by atoms with E-state index in [1.54, 1.807) is 24.0 Å². The van der Waals surface area contributed by atoms with Crippen molar-refractivity contribution in [3.63, 3.8) is 0 Å². The van der Waals surface area contributed by atoms with E-state index in [9.17, 15) is 4.79 Å². The minimum absolute atomic E-state index is 0.235. The first-order chi connectivity index (χ1) is 10.6. The molecule has 3 rings (SSSR count). The van der Waals surface area contributed by atoms with Crippen molar-refractivity contribution in [3.05, 3.63) is 58.9 Å². The Labute approximate surface area is 131 Å². The normalized spacial score (nSPS) is 10.5. The van der Waals surface area contributed by atoms with Crippen LogP contribution in [-0.2, 0) is 0 Å². The van der Waals surface area contributed by atoms with Crippen LogP contribution in [0.3, 0.4) is 0 Å². The lowest BCUT2D eigenvalue weighted by Crippen LogP contribution is -2.29. The second kappa shape index (κ2) is 5.98. The maximum atomic E-state index is 12.2. The summed E-state index contributed by atoms with van der Waals surface area (Å²) in [5.41, 5.74) is 8.71. The van der Waals surface area contributed by atoms with Crippen molar-refractivity contribution in [3.8, 4) is 5.13 Å². The first-order valence-electron chi connectivity index (χ1n) is 6.72. The number of hydrogen-bond acceptors (Lipinski definition) is 5. The number of thiazole rings is 1. The SMILES string of the molecule is Cc1ccc(NNC(=O)c2cn(-c3nccs3)nc2C)cc1. The van der Waals surface area contributed by atoms with Crippen LogP contribution in [0.1, 0.15) is 21.6 Å². The third kappa shape index (κ3) is 2.99. The van der Waals surface area contributed by atoms with Crippen molar-refractivity contribution < 1.29 is 4.79 Å². The van der Waals surface area contributed by atoms with Gasteiger partial charge < -0.3 is 0 Å². The van der Waals surface area contributed by atoms with Crippen LogP contribution < -0.4 is 10.9 Å². The van der Waals surface area contributed by atoms with Crippen LogP contribution in [0.5, 0.6) is 0 Å². The van der Waals surface area contributed by atoms with Gasteiger partial charge in [0.05, 0.1) is 16.9 Å². The molecule has 0 bridgehead atoms. The first kappa shape index (κ1) is 14.3. The highest BCUT2D eigenvalue weighted by Crippen LogP contribution is 2.14. The molecule has 22 heavy (non-hydrogen) atoms. The molecule has 0 fully saturated rings. The molecule has 0 aliphatic rings. The number of hydrazine groups is 1. The van der Waals surface area contributed by atoms with Gasteiger partial charge >= 0.3 is 0 Å². The Morgan fingerprint density at radius 3 is 2.68 bits per heavy atom. The van der Waals surface area contributed by atoms with Crippen molar-refractivity contribution in [2.45, 2.75) is 13.8 Å². The predicted octanol–water partition coefficient (Wildman–Crippen LogP) is 2.70. The molecule has 7 heteroatoms. The summed E-state index contributed by atoms with van der Waals surface area (Å²) in [6.45, 7) is 3.81. The van der Waals surface area contributed by atoms with Crippen LogP contribution in [0.15, 0.2) is 42.0 Å². The van der Waals surface area contributed by atoms with Crippen molar-refractivity contribution in [1.82, 2.24) is 20.2 Å².